The summed E-state index contributed by atoms with van der Waals surface area (Å²) >= 11 is 4.76. The van der Waals surface area contributed by atoms with Crippen LogP contribution in [0, 0.1) is 0 Å². The first-order valence-corrected chi connectivity index (χ1v) is 10.2. The number of aliphatic hydroxyl groups excluding tert-OH is 1. The fraction of sp³-hybridized carbons (Fsp3) is 0.190. The van der Waals surface area contributed by atoms with E-state index in [9.17, 15) is 18.7 Å². The number of alkyl halides is 3. The average Bonchev–Trinajstić information content (AvgIpc) is 3.41. The van der Waals surface area contributed by atoms with Crippen LogP contribution >= 0.6 is 11.6 Å². The van der Waals surface area contributed by atoms with Crippen LogP contribution in [0.15, 0.2) is 48.7 Å². The molecule has 0 spiro atoms. The molecule has 0 fully saturated rings. The number of amides is 1. The minimum Gasteiger partial charge on any atom is -0.462 e. The summed E-state index contributed by atoms with van der Waals surface area (Å²) in [6.07, 6.45) is 0.902. The molecule has 1 unspecified atom stereocenters. The Hall–Kier alpha value is -3.70. The predicted octanol–water partition coefficient (Wildman–Crippen LogP) is 3.60. The monoisotopic (exact) mass is 475 g/mol. The molecule has 0 saturated carbocycles. The molecule has 4 aromatic rings. The largest absolute Gasteiger partial charge is 0.487 e. The van der Waals surface area contributed by atoms with Gasteiger partial charge in [-0.25, -0.2) is 0 Å². The smallest absolute Gasteiger partial charge is 0.462 e. The van der Waals surface area contributed by atoms with Crippen LogP contribution in [-0.4, -0.2) is 49.0 Å². The van der Waals surface area contributed by atoms with Gasteiger partial charge in [-0.15, -0.1) is 8.78 Å². The number of carbonyl (C=O) groups is 1. The lowest BCUT2D eigenvalue weighted by atomic mass is 10.0. The third-order valence-electron chi connectivity index (χ3n) is 5.00. The molecule has 0 saturated heterocycles. The van der Waals surface area contributed by atoms with Crippen molar-refractivity contribution in [3.63, 3.8) is 0 Å². The van der Waals surface area contributed by atoms with Crippen molar-refractivity contribution in [3.05, 3.63) is 54.2 Å². The predicted molar refractivity (Wildman–Crippen MR) is 115 cm³/mol. The summed E-state index contributed by atoms with van der Waals surface area (Å²) < 4.78 is 37.1. The number of nitrogens with zero attached hydrogens (tertiary/aromatic N) is 3. The maximum absolute atomic E-state index is 13.0. The summed E-state index contributed by atoms with van der Waals surface area (Å²) in [5.41, 5.74) is -0.662. The molecule has 3 N–H and O–H groups in total. The van der Waals surface area contributed by atoms with E-state index in [0.717, 1.165) is 0 Å². The Morgan fingerprint density at radius 1 is 1.30 bits per heavy atom. The number of aliphatic hydroxyl groups is 1. The molecule has 2 aromatic carbocycles. The molecule has 0 bridgehead atoms. The average molecular weight is 476 g/mol. The highest BCUT2D eigenvalue weighted by Gasteiger charge is 2.28. The van der Waals surface area contributed by atoms with E-state index in [1.165, 1.54) is 24.3 Å². The maximum Gasteiger partial charge on any atom is 0.487 e. The standard InChI is InChI=1S/C21H16ClF2N5O4/c22-21(23,24)33-14-3-1-12(2-4-14)26-19(31)11-7-15(16-5-6-25-28-16)18-17(8-11)27-20-29(18)9-13(30)10-32-20/h1-8,13,30H,9-10H2,(H,25,28)(H,26,31). The molecular weight excluding hydrogens is 460 g/mol. The van der Waals surface area contributed by atoms with Crippen molar-refractivity contribution in [2.75, 3.05) is 11.9 Å². The van der Waals surface area contributed by atoms with Gasteiger partial charge in [0.25, 0.3) is 11.9 Å². The van der Waals surface area contributed by atoms with Crippen LogP contribution in [0.2, 0.25) is 0 Å². The first-order chi connectivity index (χ1) is 15.8. The van der Waals surface area contributed by atoms with Crippen LogP contribution in [0.4, 0.5) is 14.5 Å². The van der Waals surface area contributed by atoms with Crippen molar-refractivity contribution in [2.24, 2.45) is 0 Å². The Kier molecular flexibility index (Phi) is 5.14. The fourth-order valence-corrected chi connectivity index (χ4v) is 3.74. The van der Waals surface area contributed by atoms with Crippen molar-refractivity contribution in [2.45, 2.75) is 18.2 Å². The number of aromatic nitrogens is 4. The van der Waals surface area contributed by atoms with Crippen molar-refractivity contribution in [3.8, 4) is 23.0 Å². The van der Waals surface area contributed by atoms with Gasteiger partial charge in [0.2, 0.25) is 0 Å². The van der Waals surface area contributed by atoms with Crippen molar-refractivity contribution >= 4 is 34.2 Å². The zero-order chi connectivity index (χ0) is 23.2. The van der Waals surface area contributed by atoms with Gasteiger partial charge < -0.3 is 19.9 Å². The van der Waals surface area contributed by atoms with Gasteiger partial charge in [0.05, 0.1) is 23.3 Å². The Balaban J connectivity index is 1.49. The molecule has 1 aliphatic heterocycles. The molecule has 170 valence electrons. The van der Waals surface area contributed by atoms with Gasteiger partial charge in [-0.1, -0.05) is 0 Å². The number of hydrogen-bond acceptors (Lipinski definition) is 6. The van der Waals surface area contributed by atoms with Crippen molar-refractivity contribution in [1.82, 2.24) is 19.7 Å². The summed E-state index contributed by atoms with van der Waals surface area (Å²) in [4.78, 5) is 17.4. The second kappa shape index (κ2) is 8.01. The number of ether oxygens (including phenoxy) is 2. The van der Waals surface area contributed by atoms with Crippen LogP contribution < -0.4 is 14.8 Å². The number of halogens is 3. The summed E-state index contributed by atoms with van der Waals surface area (Å²) in [5, 5.41) is 19.6. The third kappa shape index (κ3) is 4.32. The Morgan fingerprint density at radius 2 is 2.09 bits per heavy atom. The third-order valence-corrected chi connectivity index (χ3v) is 5.08. The molecule has 33 heavy (non-hydrogen) atoms. The summed E-state index contributed by atoms with van der Waals surface area (Å²) in [7, 11) is 0. The first-order valence-electron chi connectivity index (χ1n) is 9.79. The second-order valence-electron chi connectivity index (χ2n) is 7.36. The lowest BCUT2D eigenvalue weighted by Crippen LogP contribution is -2.29. The van der Waals surface area contributed by atoms with Gasteiger partial charge in [0.1, 0.15) is 18.5 Å². The number of H-pyrrole nitrogens is 1. The van der Waals surface area contributed by atoms with Crippen LogP contribution in [0.1, 0.15) is 10.4 Å². The number of benzene rings is 2. The molecule has 1 amide bonds. The molecular formula is C21H16ClF2N5O4. The Bertz CT molecular complexity index is 1320. The zero-order valence-corrected chi connectivity index (χ0v) is 17.5. The minimum absolute atomic E-state index is 0.130. The molecule has 1 atom stereocenters. The molecule has 5 rings (SSSR count). The number of hydrogen-bond donors (Lipinski definition) is 3. The summed E-state index contributed by atoms with van der Waals surface area (Å²) in [6.45, 7) is 0.430. The number of nitrogens with one attached hydrogen (secondary N) is 2. The number of carbonyl (C=O) groups excluding carboxylic acids is 1. The number of imidazole rings is 1. The Morgan fingerprint density at radius 3 is 2.79 bits per heavy atom. The number of aromatic amines is 1. The second-order valence-corrected chi connectivity index (χ2v) is 7.80. The molecule has 3 heterocycles. The van der Waals surface area contributed by atoms with Crippen molar-refractivity contribution in [1.29, 1.82) is 0 Å². The van der Waals surface area contributed by atoms with Crippen LogP contribution in [-0.2, 0) is 6.54 Å². The molecule has 2 aromatic heterocycles. The van der Waals surface area contributed by atoms with Gasteiger partial charge in [-0.3, -0.25) is 14.5 Å². The van der Waals surface area contributed by atoms with Crippen LogP contribution in [0.25, 0.3) is 22.3 Å². The van der Waals surface area contributed by atoms with E-state index in [1.807, 2.05) is 0 Å². The fourth-order valence-electron chi connectivity index (χ4n) is 3.65. The van der Waals surface area contributed by atoms with E-state index in [2.05, 4.69) is 25.2 Å². The zero-order valence-electron chi connectivity index (χ0n) is 16.8. The highest BCUT2D eigenvalue weighted by molar-refractivity contribution is 6.20. The molecule has 12 heteroatoms. The lowest BCUT2D eigenvalue weighted by molar-refractivity contribution is -0.0964. The van der Waals surface area contributed by atoms with Gasteiger partial charge in [0, 0.05) is 34.6 Å². The van der Waals surface area contributed by atoms with Crippen LogP contribution in [0.5, 0.6) is 11.8 Å². The quantitative estimate of drug-likeness (QED) is 0.380. The lowest BCUT2D eigenvalue weighted by Gasteiger charge is -2.21. The summed E-state index contributed by atoms with van der Waals surface area (Å²) in [5.74, 6) is -0.595. The molecule has 9 nitrogen and oxygen atoms in total. The van der Waals surface area contributed by atoms with Crippen LogP contribution in [0.3, 0.4) is 0 Å². The molecule has 0 radical (unpaired) electrons. The molecule has 0 aliphatic carbocycles. The van der Waals surface area contributed by atoms with Gasteiger partial charge in [0.15, 0.2) is 0 Å². The minimum atomic E-state index is -3.83. The maximum atomic E-state index is 13.0. The van der Waals surface area contributed by atoms with Gasteiger partial charge >= 0.3 is 5.57 Å². The SMILES string of the molecule is O=C(Nc1ccc(OC(F)(F)Cl)cc1)c1cc(-c2ccn[nH]2)c2c(c1)nc1n2CC(O)CO1. The Labute approximate surface area is 189 Å². The van der Waals surface area contributed by atoms with Gasteiger partial charge in [-0.2, -0.15) is 10.1 Å². The number of fused-ring (bicyclic) bond motifs is 3. The van der Waals surface area contributed by atoms with E-state index >= 15 is 0 Å². The van der Waals surface area contributed by atoms with E-state index in [0.29, 0.717) is 46.1 Å². The number of anilines is 1. The first kappa shape index (κ1) is 21.2. The van der Waals surface area contributed by atoms with E-state index < -0.39 is 17.6 Å². The van der Waals surface area contributed by atoms with E-state index in [1.54, 1.807) is 29.0 Å². The highest BCUT2D eigenvalue weighted by Crippen LogP contribution is 2.34. The summed E-state index contributed by atoms with van der Waals surface area (Å²) in [6, 6.07) is 10.7. The van der Waals surface area contributed by atoms with Crippen molar-refractivity contribution < 1.29 is 28.2 Å². The topological polar surface area (TPSA) is 114 Å². The van der Waals surface area contributed by atoms with E-state index in [4.69, 9.17) is 16.3 Å². The van der Waals surface area contributed by atoms with Gasteiger partial charge in [-0.05, 0) is 42.5 Å². The normalized spacial score (nSPS) is 15.7. The highest BCUT2D eigenvalue weighted by atomic mass is 35.5. The molecule has 1 aliphatic rings. The number of rotatable bonds is 5. The van der Waals surface area contributed by atoms with E-state index in [-0.39, 0.29) is 12.4 Å².